The molecule has 0 fully saturated rings. The Morgan fingerprint density at radius 1 is 1.04 bits per heavy atom. The Bertz CT molecular complexity index is 968. The van der Waals surface area contributed by atoms with Crippen molar-refractivity contribution in [3.8, 4) is 0 Å². The Morgan fingerprint density at radius 3 is 2.57 bits per heavy atom. The molecular formula is C23H23N3OS. The van der Waals surface area contributed by atoms with Gasteiger partial charge in [-0.3, -0.25) is 4.79 Å². The predicted octanol–water partition coefficient (Wildman–Crippen LogP) is 5.25. The third-order valence-electron chi connectivity index (χ3n) is 4.19. The summed E-state index contributed by atoms with van der Waals surface area (Å²) in [5.41, 5.74) is 10.2. The molecule has 0 saturated carbocycles. The average Bonchev–Trinajstić information content (AvgIpc) is 2.73. The van der Waals surface area contributed by atoms with E-state index in [1.807, 2.05) is 24.3 Å². The van der Waals surface area contributed by atoms with Crippen LogP contribution in [0.3, 0.4) is 0 Å². The van der Waals surface area contributed by atoms with Crippen molar-refractivity contribution >= 4 is 40.8 Å². The number of nitrogens with two attached hydrogens (primary N) is 1. The summed E-state index contributed by atoms with van der Waals surface area (Å²) in [6, 6.07) is 23.6. The van der Waals surface area contributed by atoms with Gasteiger partial charge in [0.25, 0.3) is 0 Å². The van der Waals surface area contributed by atoms with Gasteiger partial charge in [0.15, 0.2) is 0 Å². The second-order valence-corrected chi connectivity index (χ2v) is 7.12. The third kappa shape index (κ3) is 5.66. The van der Waals surface area contributed by atoms with E-state index in [9.17, 15) is 4.79 Å². The topological polar surface area (TPSA) is 67.2 Å². The van der Waals surface area contributed by atoms with Crippen molar-refractivity contribution < 1.29 is 4.79 Å². The normalized spacial score (nSPS) is 10.8. The molecule has 0 spiro atoms. The summed E-state index contributed by atoms with van der Waals surface area (Å²) in [7, 11) is 0. The summed E-state index contributed by atoms with van der Waals surface area (Å²) in [4.78, 5) is 13.3. The second-order valence-electron chi connectivity index (χ2n) is 6.24. The monoisotopic (exact) mass is 389 g/mol. The molecule has 0 aliphatic carbocycles. The number of benzene rings is 3. The molecule has 0 aliphatic heterocycles. The van der Waals surface area contributed by atoms with Crippen molar-refractivity contribution in [3.05, 3.63) is 90.0 Å². The van der Waals surface area contributed by atoms with Crippen LogP contribution >= 0.6 is 11.8 Å². The lowest BCUT2D eigenvalue weighted by Gasteiger charge is -2.08. The van der Waals surface area contributed by atoms with Crippen molar-refractivity contribution in [3.63, 3.8) is 0 Å². The van der Waals surface area contributed by atoms with E-state index in [0.29, 0.717) is 11.4 Å². The Kier molecular flexibility index (Phi) is 6.76. The molecule has 4 N–H and O–H groups in total. The molecule has 0 heterocycles. The van der Waals surface area contributed by atoms with Gasteiger partial charge >= 0.3 is 0 Å². The lowest BCUT2D eigenvalue weighted by atomic mass is 10.1. The number of nitrogens with one attached hydrogen (secondary N) is 2. The van der Waals surface area contributed by atoms with Crippen LogP contribution in [0.5, 0.6) is 0 Å². The van der Waals surface area contributed by atoms with Crippen molar-refractivity contribution in [2.75, 3.05) is 22.6 Å². The number of anilines is 3. The molecular weight excluding hydrogens is 366 g/mol. The van der Waals surface area contributed by atoms with E-state index in [1.165, 1.54) is 16.5 Å². The van der Waals surface area contributed by atoms with E-state index in [-0.39, 0.29) is 5.91 Å². The molecule has 28 heavy (non-hydrogen) atoms. The molecule has 142 valence electrons. The minimum absolute atomic E-state index is 0.211. The van der Waals surface area contributed by atoms with Gasteiger partial charge in [-0.2, -0.15) is 0 Å². The lowest BCUT2D eigenvalue weighted by molar-refractivity contribution is -0.111. The molecule has 5 heteroatoms. The zero-order valence-electron chi connectivity index (χ0n) is 15.7. The molecule has 3 aromatic rings. The fourth-order valence-corrected chi connectivity index (χ4v) is 3.10. The SMILES string of the molecule is CSc1cccc(NCc2ccc(/C=C/C(=O)Nc3ccccc3N)cc2)c1. The number of thioether (sulfide) groups is 1. The lowest BCUT2D eigenvalue weighted by Crippen LogP contribution is -2.09. The molecule has 4 nitrogen and oxygen atoms in total. The molecule has 0 saturated heterocycles. The molecule has 1 amide bonds. The Morgan fingerprint density at radius 2 is 1.82 bits per heavy atom. The van der Waals surface area contributed by atoms with Crippen molar-refractivity contribution in [2.45, 2.75) is 11.4 Å². The van der Waals surface area contributed by atoms with Crippen LogP contribution < -0.4 is 16.4 Å². The second kappa shape index (κ2) is 9.67. The maximum Gasteiger partial charge on any atom is 0.248 e. The highest BCUT2D eigenvalue weighted by Crippen LogP contribution is 2.20. The molecule has 0 aromatic heterocycles. The van der Waals surface area contributed by atoms with Crippen LogP contribution in [0.1, 0.15) is 11.1 Å². The highest BCUT2D eigenvalue weighted by Gasteiger charge is 2.01. The molecule has 3 aromatic carbocycles. The summed E-state index contributed by atoms with van der Waals surface area (Å²) in [6.45, 7) is 0.746. The molecule has 0 aliphatic rings. The number of hydrogen-bond donors (Lipinski definition) is 3. The van der Waals surface area contributed by atoms with Crippen LogP contribution in [0, 0.1) is 0 Å². The number of rotatable bonds is 7. The van der Waals surface area contributed by atoms with Gasteiger partial charge in [0.2, 0.25) is 5.91 Å². The Labute approximate surface area is 169 Å². The van der Waals surface area contributed by atoms with E-state index in [4.69, 9.17) is 5.73 Å². The van der Waals surface area contributed by atoms with Gasteiger partial charge in [0.05, 0.1) is 11.4 Å². The van der Waals surface area contributed by atoms with Gasteiger partial charge in [-0.05, 0) is 53.8 Å². The van der Waals surface area contributed by atoms with Crippen LogP contribution in [0.25, 0.3) is 6.08 Å². The number of nitrogen functional groups attached to an aromatic ring is 1. The first-order valence-corrected chi connectivity index (χ1v) is 10.2. The van der Waals surface area contributed by atoms with Gasteiger partial charge in [-0.15, -0.1) is 11.8 Å². The van der Waals surface area contributed by atoms with Crippen LogP contribution in [-0.4, -0.2) is 12.2 Å². The first-order chi connectivity index (χ1) is 13.6. The Hall–Kier alpha value is -3.18. The molecule has 0 radical (unpaired) electrons. The fraction of sp³-hybridized carbons (Fsp3) is 0.0870. The maximum atomic E-state index is 12.1. The minimum atomic E-state index is -0.211. The number of carbonyl (C=O) groups is 1. The van der Waals surface area contributed by atoms with Crippen molar-refractivity contribution in [1.82, 2.24) is 0 Å². The van der Waals surface area contributed by atoms with Crippen LogP contribution in [-0.2, 0) is 11.3 Å². The number of para-hydroxylation sites is 2. The number of hydrogen-bond acceptors (Lipinski definition) is 4. The summed E-state index contributed by atoms with van der Waals surface area (Å²) in [6.07, 6.45) is 5.36. The van der Waals surface area contributed by atoms with Crippen molar-refractivity contribution in [2.24, 2.45) is 0 Å². The molecule has 0 unspecified atom stereocenters. The van der Waals surface area contributed by atoms with E-state index < -0.39 is 0 Å². The zero-order valence-corrected chi connectivity index (χ0v) is 16.5. The zero-order chi connectivity index (χ0) is 19.8. The van der Waals surface area contributed by atoms with Gasteiger partial charge in [-0.1, -0.05) is 42.5 Å². The molecule has 3 rings (SSSR count). The molecule has 0 bridgehead atoms. The van der Waals surface area contributed by atoms with E-state index in [1.54, 1.807) is 30.0 Å². The number of amides is 1. The van der Waals surface area contributed by atoms with Crippen molar-refractivity contribution in [1.29, 1.82) is 0 Å². The average molecular weight is 390 g/mol. The van der Waals surface area contributed by atoms with Gasteiger partial charge in [0.1, 0.15) is 0 Å². The highest BCUT2D eigenvalue weighted by molar-refractivity contribution is 7.98. The summed E-state index contributed by atoms with van der Waals surface area (Å²) >= 11 is 1.73. The van der Waals surface area contributed by atoms with E-state index in [2.05, 4.69) is 53.3 Å². The van der Waals surface area contributed by atoms with E-state index in [0.717, 1.165) is 17.8 Å². The third-order valence-corrected chi connectivity index (χ3v) is 4.92. The first kappa shape index (κ1) is 19.6. The van der Waals surface area contributed by atoms with Crippen LogP contribution in [0.15, 0.2) is 83.8 Å². The standard InChI is InChI=1S/C23H23N3OS/c1-28-20-6-4-5-19(15-20)25-16-18-11-9-17(10-12-18)13-14-23(27)26-22-8-3-2-7-21(22)24/h2-15,25H,16,24H2,1H3,(H,26,27)/b14-13+. The van der Waals surface area contributed by atoms with Gasteiger partial charge < -0.3 is 16.4 Å². The first-order valence-electron chi connectivity index (χ1n) is 8.94. The summed E-state index contributed by atoms with van der Waals surface area (Å²) < 4.78 is 0. The smallest absolute Gasteiger partial charge is 0.248 e. The summed E-state index contributed by atoms with van der Waals surface area (Å²) in [5.74, 6) is -0.211. The maximum absolute atomic E-state index is 12.1. The van der Waals surface area contributed by atoms with Crippen LogP contribution in [0.4, 0.5) is 17.1 Å². The fourth-order valence-electron chi connectivity index (χ4n) is 2.64. The molecule has 0 atom stereocenters. The van der Waals surface area contributed by atoms with E-state index >= 15 is 0 Å². The predicted molar refractivity (Wildman–Crippen MR) is 121 cm³/mol. The highest BCUT2D eigenvalue weighted by atomic mass is 32.2. The van der Waals surface area contributed by atoms with Gasteiger partial charge in [-0.25, -0.2) is 0 Å². The summed E-state index contributed by atoms with van der Waals surface area (Å²) in [5, 5.41) is 6.21. The largest absolute Gasteiger partial charge is 0.397 e. The Balaban J connectivity index is 1.54. The van der Waals surface area contributed by atoms with Gasteiger partial charge in [0, 0.05) is 23.2 Å². The minimum Gasteiger partial charge on any atom is -0.397 e. The quantitative estimate of drug-likeness (QED) is 0.293. The number of carbonyl (C=O) groups excluding carboxylic acids is 1. The van der Waals surface area contributed by atoms with Crippen LogP contribution in [0.2, 0.25) is 0 Å².